The molecular formula is C7H9N5O. The highest BCUT2D eigenvalue weighted by Gasteiger charge is 2.07. The van der Waals surface area contributed by atoms with Crippen molar-refractivity contribution in [2.45, 2.75) is 13.5 Å². The summed E-state index contributed by atoms with van der Waals surface area (Å²) in [5.41, 5.74) is 0.710. The van der Waals surface area contributed by atoms with E-state index in [1.54, 1.807) is 7.05 Å². The van der Waals surface area contributed by atoms with Crippen LogP contribution in [-0.4, -0.2) is 24.5 Å². The molecule has 0 amide bonds. The first-order valence-electron chi connectivity index (χ1n) is 3.99. The van der Waals surface area contributed by atoms with Gasteiger partial charge in [0.25, 0.3) is 5.56 Å². The van der Waals surface area contributed by atoms with Crippen LogP contribution in [0.1, 0.15) is 6.92 Å². The van der Waals surface area contributed by atoms with Crippen molar-refractivity contribution in [3.63, 3.8) is 0 Å². The van der Waals surface area contributed by atoms with Crippen molar-refractivity contribution < 1.29 is 0 Å². The van der Waals surface area contributed by atoms with Gasteiger partial charge in [-0.2, -0.15) is 0 Å². The molecule has 0 aliphatic heterocycles. The lowest BCUT2D eigenvalue weighted by Crippen LogP contribution is -2.19. The van der Waals surface area contributed by atoms with E-state index >= 15 is 0 Å². The van der Waals surface area contributed by atoms with Gasteiger partial charge in [-0.1, -0.05) is 5.21 Å². The average molecular weight is 179 g/mol. The third kappa shape index (κ3) is 1.02. The van der Waals surface area contributed by atoms with Gasteiger partial charge in [0.2, 0.25) is 0 Å². The minimum atomic E-state index is -0.138. The van der Waals surface area contributed by atoms with Crippen molar-refractivity contribution in [1.82, 2.24) is 24.5 Å². The number of nitrogens with zero attached hydrogens (tertiary/aromatic N) is 5. The van der Waals surface area contributed by atoms with E-state index in [1.165, 1.54) is 15.6 Å². The van der Waals surface area contributed by atoms with E-state index in [0.29, 0.717) is 17.7 Å². The summed E-state index contributed by atoms with van der Waals surface area (Å²) >= 11 is 0. The SMILES string of the molecule is CCn1cnc2c(nnn2C)c1=O. The lowest BCUT2D eigenvalue weighted by atomic mass is 10.5. The summed E-state index contributed by atoms with van der Waals surface area (Å²) in [5.74, 6) is 0. The number of rotatable bonds is 1. The third-order valence-electron chi connectivity index (χ3n) is 1.92. The topological polar surface area (TPSA) is 65.6 Å². The highest BCUT2D eigenvalue weighted by atomic mass is 16.1. The Balaban J connectivity index is 2.88. The van der Waals surface area contributed by atoms with E-state index < -0.39 is 0 Å². The Morgan fingerprint density at radius 1 is 1.54 bits per heavy atom. The summed E-state index contributed by atoms with van der Waals surface area (Å²) in [6.45, 7) is 2.48. The van der Waals surface area contributed by atoms with Gasteiger partial charge in [0.15, 0.2) is 11.2 Å². The molecule has 13 heavy (non-hydrogen) atoms. The van der Waals surface area contributed by atoms with Crippen molar-refractivity contribution in [1.29, 1.82) is 0 Å². The molecule has 0 atom stereocenters. The van der Waals surface area contributed by atoms with Crippen molar-refractivity contribution in [2.24, 2.45) is 7.05 Å². The van der Waals surface area contributed by atoms with E-state index in [1.807, 2.05) is 6.92 Å². The first kappa shape index (κ1) is 7.90. The summed E-state index contributed by atoms with van der Waals surface area (Å²) in [6, 6.07) is 0. The zero-order chi connectivity index (χ0) is 9.42. The van der Waals surface area contributed by atoms with Gasteiger partial charge in [0.05, 0.1) is 0 Å². The zero-order valence-electron chi connectivity index (χ0n) is 7.43. The Bertz CT molecular complexity index is 497. The summed E-state index contributed by atoms with van der Waals surface area (Å²) < 4.78 is 2.98. The maximum Gasteiger partial charge on any atom is 0.283 e. The van der Waals surface area contributed by atoms with Crippen LogP contribution >= 0.6 is 0 Å². The molecule has 2 heterocycles. The van der Waals surface area contributed by atoms with Crippen LogP contribution in [0.15, 0.2) is 11.1 Å². The minimum absolute atomic E-state index is 0.138. The first-order chi connectivity index (χ1) is 6.24. The molecule has 0 fully saturated rings. The van der Waals surface area contributed by atoms with E-state index in [0.717, 1.165) is 0 Å². The third-order valence-corrected chi connectivity index (χ3v) is 1.92. The summed E-state index contributed by atoms with van der Waals surface area (Å²) in [7, 11) is 1.71. The number of hydrogen-bond acceptors (Lipinski definition) is 4. The molecule has 0 N–H and O–H groups in total. The van der Waals surface area contributed by atoms with Gasteiger partial charge in [-0.05, 0) is 6.92 Å². The Hall–Kier alpha value is -1.72. The standard InChI is InChI=1S/C7H9N5O/c1-3-12-4-8-6-5(7(12)13)9-10-11(6)2/h4H,3H2,1-2H3. The average Bonchev–Trinajstić information content (AvgIpc) is 2.50. The molecule has 2 aromatic heterocycles. The summed E-state index contributed by atoms with van der Waals surface area (Å²) in [6.07, 6.45) is 1.51. The molecule has 0 aliphatic rings. The van der Waals surface area contributed by atoms with Gasteiger partial charge in [0, 0.05) is 13.6 Å². The fourth-order valence-corrected chi connectivity index (χ4v) is 1.17. The van der Waals surface area contributed by atoms with Crippen LogP contribution in [-0.2, 0) is 13.6 Å². The highest BCUT2D eigenvalue weighted by Crippen LogP contribution is 1.98. The molecule has 0 saturated carbocycles. The number of aryl methyl sites for hydroxylation is 2. The first-order valence-corrected chi connectivity index (χ1v) is 3.99. The maximum absolute atomic E-state index is 11.6. The van der Waals surface area contributed by atoms with Gasteiger partial charge in [-0.15, -0.1) is 5.10 Å². The fourth-order valence-electron chi connectivity index (χ4n) is 1.17. The predicted molar refractivity (Wildman–Crippen MR) is 46.2 cm³/mol. The summed E-state index contributed by atoms with van der Waals surface area (Å²) in [4.78, 5) is 15.7. The molecule has 0 unspecified atom stereocenters. The van der Waals surface area contributed by atoms with Crippen LogP contribution in [0, 0.1) is 0 Å². The van der Waals surface area contributed by atoms with E-state index in [2.05, 4.69) is 15.3 Å². The maximum atomic E-state index is 11.6. The Labute approximate surface area is 73.8 Å². The van der Waals surface area contributed by atoms with Gasteiger partial charge in [-0.3, -0.25) is 9.36 Å². The summed E-state index contributed by atoms with van der Waals surface area (Å²) in [5, 5.41) is 7.47. The normalized spacial score (nSPS) is 10.9. The fraction of sp³-hybridized carbons (Fsp3) is 0.429. The van der Waals surface area contributed by atoms with Crippen molar-refractivity contribution >= 4 is 11.2 Å². The van der Waals surface area contributed by atoms with Crippen LogP contribution in [0.3, 0.4) is 0 Å². The monoisotopic (exact) mass is 179 g/mol. The highest BCUT2D eigenvalue weighted by molar-refractivity contribution is 5.67. The van der Waals surface area contributed by atoms with Crippen molar-refractivity contribution in [2.75, 3.05) is 0 Å². The number of fused-ring (bicyclic) bond motifs is 1. The quantitative estimate of drug-likeness (QED) is 0.594. The molecule has 0 bridgehead atoms. The minimum Gasteiger partial charge on any atom is -0.297 e. The van der Waals surface area contributed by atoms with Gasteiger partial charge < -0.3 is 0 Å². The second kappa shape index (κ2) is 2.65. The number of hydrogen-bond donors (Lipinski definition) is 0. The molecule has 68 valence electrons. The van der Waals surface area contributed by atoms with Crippen LogP contribution < -0.4 is 5.56 Å². The second-order valence-corrected chi connectivity index (χ2v) is 2.72. The molecule has 0 spiro atoms. The molecule has 2 aromatic rings. The molecular weight excluding hydrogens is 170 g/mol. The Morgan fingerprint density at radius 3 is 3.00 bits per heavy atom. The predicted octanol–water partition coefficient (Wildman–Crippen LogP) is -0.455. The molecule has 0 aliphatic carbocycles. The van der Waals surface area contributed by atoms with Crippen LogP contribution in [0.2, 0.25) is 0 Å². The Morgan fingerprint density at radius 2 is 2.31 bits per heavy atom. The molecule has 0 saturated heterocycles. The lowest BCUT2D eigenvalue weighted by molar-refractivity contribution is 0.710. The van der Waals surface area contributed by atoms with E-state index in [9.17, 15) is 4.79 Å². The lowest BCUT2D eigenvalue weighted by Gasteiger charge is -1.98. The molecule has 6 heteroatoms. The van der Waals surface area contributed by atoms with E-state index in [4.69, 9.17) is 0 Å². The van der Waals surface area contributed by atoms with Gasteiger partial charge in [0.1, 0.15) is 6.33 Å². The second-order valence-electron chi connectivity index (χ2n) is 2.72. The van der Waals surface area contributed by atoms with Gasteiger partial charge in [-0.25, -0.2) is 9.67 Å². The van der Waals surface area contributed by atoms with Crippen molar-refractivity contribution in [3.05, 3.63) is 16.7 Å². The Kier molecular flexibility index (Phi) is 1.61. The molecule has 0 radical (unpaired) electrons. The van der Waals surface area contributed by atoms with Gasteiger partial charge >= 0.3 is 0 Å². The molecule has 2 rings (SSSR count). The number of aromatic nitrogens is 5. The largest absolute Gasteiger partial charge is 0.297 e. The van der Waals surface area contributed by atoms with Crippen LogP contribution in [0.25, 0.3) is 11.2 Å². The molecule has 6 nitrogen and oxygen atoms in total. The molecule has 0 aromatic carbocycles. The van der Waals surface area contributed by atoms with Crippen LogP contribution in [0.4, 0.5) is 0 Å². The van der Waals surface area contributed by atoms with Crippen LogP contribution in [0.5, 0.6) is 0 Å². The zero-order valence-corrected chi connectivity index (χ0v) is 7.43. The smallest absolute Gasteiger partial charge is 0.283 e. The van der Waals surface area contributed by atoms with Crippen molar-refractivity contribution in [3.8, 4) is 0 Å². The van der Waals surface area contributed by atoms with E-state index in [-0.39, 0.29) is 5.56 Å².